The second kappa shape index (κ2) is 8.14. The van der Waals surface area contributed by atoms with E-state index in [1.165, 1.54) is 25.7 Å². The normalized spacial score (nSPS) is 21.2. The molecule has 26 heavy (non-hydrogen) atoms. The van der Waals surface area contributed by atoms with E-state index in [1.54, 1.807) is 10.9 Å². The summed E-state index contributed by atoms with van der Waals surface area (Å²) in [4.78, 5) is 20.9. The topological polar surface area (TPSA) is 65.8 Å². The van der Waals surface area contributed by atoms with Crippen molar-refractivity contribution in [3.63, 3.8) is 0 Å². The number of carbonyl (C=O) groups is 1. The van der Waals surface area contributed by atoms with Crippen LogP contribution in [0.4, 0.5) is 5.69 Å². The lowest BCUT2D eigenvalue weighted by Crippen LogP contribution is -2.55. The SMILES string of the molecule is CN=C(NCC(C1CC1)C1CC1)N1CCN(c2cnn(C)c2)C(=O)C1.I. The summed E-state index contributed by atoms with van der Waals surface area (Å²) in [5, 5.41) is 7.71. The standard InChI is InChI=1S/C18H28N6O.HI/c1-19-18(20-10-16(13-3-4-13)14-5-6-14)23-7-8-24(17(25)12-23)15-9-21-22(2)11-15;/h9,11,13-14,16H,3-8,10,12H2,1-2H3,(H,19,20);1H. The van der Waals surface area contributed by atoms with Crippen LogP contribution in [0.2, 0.25) is 0 Å². The average molecular weight is 472 g/mol. The number of aromatic nitrogens is 2. The van der Waals surface area contributed by atoms with Crippen LogP contribution in [0.1, 0.15) is 25.7 Å². The van der Waals surface area contributed by atoms with Crippen molar-refractivity contribution in [3.8, 4) is 0 Å². The smallest absolute Gasteiger partial charge is 0.246 e. The van der Waals surface area contributed by atoms with Crippen molar-refractivity contribution in [3.05, 3.63) is 12.4 Å². The Bertz CT molecular complexity index is 654. The zero-order valence-electron chi connectivity index (χ0n) is 15.6. The highest BCUT2D eigenvalue weighted by molar-refractivity contribution is 14.0. The Morgan fingerprint density at radius 3 is 2.50 bits per heavy atom. The zero-order chi connectivity index (χ0) is 17.4. The van der Waals surface area contributed by atoms with Gasteiger partial charge in [0.05, 0.1) is 11.9 Å². The van der Waals surface area contributed by atoms with E-state index in [2.05, 4.69) is 20.3 Å². The van der Waals surface area contributed by atoms with Crippen LogP contribution in [0.5, 0.6) is 0 Å². The fourth-order valence-corrected chi connectivity index (χ4v) is 3.98. The minimum Gasteiger partial charge on any atom is -0.356 e. The molecule has 0 unspecified atom stereocenters. The predicted octanol–water partition coefficient (Wildman–Crippen LogP) is 1.70. The van der Waals surface area contributed by atoms with Gasteiger partial charge in [-0.15, -0.1) is 24.0 Å². The molecule has 1 saturated heterocycles. The van der Waals surface area contributed by atoms with E-state index in [1.807, 2.05) is 25.2 Å². The van der Waals surface area contributed by atoms with E-state index >= 15 is 0 Å². The fourth-order valence-electron chi connectivity index (χ4n) is 3.98. The number of halogens is 1. The number of piperazine rings is 1. The molecule has 1 amide bonds. The number of aliphatic imine (C=N–C) groups is 1. The Labute approximate surface area is 172 Å². The number of anilines is 1. The minimum atomic E-state index is 0. The van der Waals surface area contributed by atoms with Crippen LogP contribution < -0.4 is 10.2 Å². The van der Waals surface area contributed by atoms with Crippen LogP contribution in [0.15, 0.2) is 17.4 Å². The maximum Gasteiger partial charge on any atom is 0.246 e. The summed E-state index contributed by atoms with van der Waals surface area (Å²) in [5.74, 6) is 3.60. The molecule has 0 aromatic carbocycles. The van der Waals surface area contributed by atoms with Gasteiger partial charge in [0.2, 0.25) is 5.91 Å². The Balaban J connectivity index is 0.00000196. The summed E-state index contributed by atoms with van der Waals surface area (Å²) in [7, 11) is 3.68. The number of amides is 1. The summed E-state index contributed by atoms with van der Waals surface area (Å²) in [5.41, 5.74) is 0.873. The van der Waals surface area contributed by atoms with E-state index in [0.29, 0.717) is 13.1 Å². The van der Waals surface area contributed by atoms with Gasteiger partial charge < -0.3 is 15.1 Å². The summed E-state index contributed by atoms with van der Waals surface area (Å²) < 4.78 is 1.73. The molecule has 144 valence electrons. The number of nitrogens with one attached hydrogen (secondary N) is 1. The lowest BCUT2D eigenvalue weighted by molar-refractivity contribution is -0.120. The van der Waals surface area contributed by atoms with Crippen molar-refractivity contribution in [1.82, 2.24) is 20.0 Å². The molecular formula is C18H29IN6O. The number of carbonyl (C=O) groups excluding carboxylic acids is 1. The molecule has 0 atom stereocenters. The number of aryl methyl sites for hydroxylation is 1. The van der Waals surface area contributed by atoms with Crippen molar-refractivity contribution in [2.75, 3.05) is 38.1 Å². The molecule has 1 aliphatic heterocycles. The molecule has 2 heterocycles. The lowest BCUT2D eigenvalue weighted by Gasteiger charge is -2.35. The van der Waals surface area contributed by atoms with Gasteiger partial charge >= 0.3 is 0 Å². The van der Waals surface area contributed by atoms with E-state index in [4.69, 9.17) is 0 Å². The van der Waals surface area contributed by atoms with Gasteiger partial charge in [-0.2, -0.15) is 5.10 Å². The third-order valence-corrected chi connectivity index (χ3v) is 5.69. The number of nitrogens with zero attached hydrogens (tertiary/aromatic N) is 5. The third-order valence-electron chi connectivity index (χ3n) is 5.69. The molecule has 1 N–H and O–H groups in total. The molecule has 0 spiro atoms. The molecule has 1 aromatic heterocycles. The first kappa shape index (κ1) is 19.4. The molecule has 1 aromatic rings. The van der Waals surface area contributed by atoms with E-state index in [-0.39, 0.29) is 29.9 Å². The average Bonchev–Trinajstić information content (AvgIpc) is 3.52. The first-order valence-electron chi connectivity index (χ1n) is 9.40. The Morgan fingerprint density at radius 1 is 1.31 bits per heavy atom. The summed E-state index contributed by atoms with van der Waals surface area (Å²) in [6.07, 6.45) is 9.20. The molecule has 2 aliphatic carbocycles. The van der Waals surface area contributed by atoms with Gasteiger partial charge in [0, 0.05) is 39.9 Å². The van der Waals surface area contributed by atoms with Crippen LogP contribution in [-0.4, -0.2) is 59.8 Å². The van der Waals surface area contributed by atoms with Crippen LogP contribution in [-0.2, 0) is 11.8 Å². The first-order valence-corrected chi connectivity index (χ1v) is 9.40. The highest BCUT2D eigenvalue weighted by atomic mass is 127. The number of guanidine groups is 1. The Hall–Kier alpha value is -1.32. The molecule has 4 rings (SSSR count). The second-order valence-electron chi connectivity index (χ2n) is 7.61. The quantitative estimate of drug-likeness (QED) is 0.403. The number of hydrogen-bond donors (Lipinski definition) is 1. The fraction of sp³-hybridized carbons (Fsp3) is 0.722. The van der Waals surface area contributed by atoms with E-state index in [0.717, 1.165) is 42.5 Å². The minimum absolute atomic E-state index is 0. The zero-order valence-corrected chi connectivity index (χ0v) is 17.9. The molecule has 0 radical (unpaired) electrons. The predicted molar refractivity (Wildman–Crippen MR) is 113 cm³/mol. The largest absolute Gasteiger partial charge is 0.356 e. The highest BCUT2D eigenvalue weighted by Crippen LogP contribution is 2.48. The van der Waals surface area contributed by atoms with Gasteiger partial charge in [-0.3, -0.25) is 14.5 Å². The van der Waals surface area contributed by atoms with Gasteiger partial charge in [-0.1, -0.05) is 0 Å². The van der Waals surface area contributed by atoms with Gasteiger partial charge in [0.15, 0.2) is 5.96 Å². The molecule has 2 saturated carbocycles. The molecule has 3 fully saturated rings. The Kier molecular flexibility index (Phi) is 6.09. The van der Waals surface area contributed by atoms with Gasteiger partial charge in [-0.25, -0.2) is 0 Å². The number of rotatable bonds is 5. The van der Waals surface area contributed by atoms with Gasteiger partial charge in [-0.05, 0) is 43.4 Å². The van der Waals surface area contributed by atoms with E-state index in [9.17, 15) is 4.79 Å². The monoisotopic (exact) mass is 472 g/mol. The van der Waals surface area contributed by atoms with Crippen LogP contribution in [0.25, 0.3) is 0 Å². The molecule has 0 bridgehead atoms. The van der Waals surface area contributed by atoms with E-state index < -0.39 is 0 Å². The first-order chi connectivity index (χ1) is 12.2. The molecule has 7 nitrogen and oxygen atoms in total. The lowest BCUT2D eigenvalue weighted by atomic mass is 9.98. The Morgan fingerprint density at radius 2 is 2.00 bits per heavy atom. The van der Waals surface area contributed by atoms with Crippen LogP contribution in [0.3, 0.4) is 0 Å². The molecular weight excluding hydrogens is 443 g/mol. The van der Waals surface area contributed by atoms with Crippen LogP contribution in [0, 0.1) is 17.8 Å². The summed E-state index contributed by atoms with van der Waals surface area (Å²) in [6.45, 7) is 2.82. The maximum absolute atomic E-state index is 12.6. The summed E-state index contributed by atoms with van der Waals surface area (Å²) in [6, 6.07) is 0. The van der Waals surface area contributed by atoms with Crippen molar-refractivity contribution in [2.45, 2.75) is 25.7 Å². The van der Waals surface area contributed by atoms with Crippen molar-refractivity contribution in [1.29, 1.82) is 0 Å². The molecule has 8 heteroatoms. The number of hydrogen-bond acceptors (Lipinski definition) is 3. The maximum atomic E-state index is 12.6. The van der Waals surface area contributed by atoms with Crippen molar-refractivity contribution < 1.29 is 4.79 Å². The summed E-state index contributed by atoms with van der Waals surface area (Å²) >= 11 is 0. The van der Waals surface area contributed by atoms with Gasteiger partial charge in [0.1, 0.15) is 6.54 Å². The van der Waals surface area contributed by atoms with Crippen molar-refractivity contribution in [2.24, 2.45) is 29.8 Å². The highest BCUT2D eigenvalue weighted by Gasteiger charge is 2.41. The van der Waals surface area contributed by atoms with Crippen molar-refractivity contribution >= 4 is 41.5 Å². The van der Waals surface area contributed by atoms with Gasteiger partial charge in [0.25, 0.3) is 0 Å². The van der Waals surface area contributed by atoms with Crippen LogP contribution >= 0.6 is 24.0 Å². The third kappa shape index (κ3) is 4.32. The molecule has 3 aliphatic rings. The second-order valence-corrected chi connectivity index (χ2v) is 7.61.